The van der Waals surface area contributed by atoms with Crippen molar-refractivity contribution in [3.63, 3.8) is 0 Å². The molecule has 2 atom stereocenters. The summed E-state index contributed by atoms with van der Waals surface area (Å²) in [6.45, 7) is 1.40. The molecule has 0 aromatic heterocycles. The number of fused-ring (bicyclic) bond motifs is 1. The van der Waals surface area contributed by atoms with Gasteiger partial charge in [-0.2, -0.15) is 0 Å². The maximum atomic E-state index is 12.8. The van der Waals surface area contributed by atoms with Gasteiger partial charge in [-0.1, -0.05) is 12.1 Å². The Labute approximate surface area is 134 Å². The molecule has 8 heteroatoms. The van der Waals surface area contributed by atoms with E-state index in [1.165, 1.54) is 18.9 Å². The summed E-state index contributed by atoms with van der Waals surface area (Å²) < 4.78 is 28.9. The van der Waals surface area contributed by atoms with Gasteiger partial charge in [-0.25, -0.2) is 8.42 Å². The first-order chi connectivity index (χ1) is 10.7. The standard InChI is InChI=1S/C15H18N2O5S/c1-15(13(18)16-11-5-3-4-6-12(11)22-15)14(19)17(2)10-7-8-23(20,21)9-10/h3-6,10H,7-9H2,1-2H3,(H,16,18)/t10-,15+/m0/s1. The topological polar surface area (TPSA) is 92.8 Å². The number of nitrogens with one attached hydrogen (secondary N) is 1. The SMILES string of the molecule is CN(C(=O)[C@]1(C)Oc2ccccc2NC1=O)[C@H]1CCS(=O)(=O)C1. The van der Waals surface area contributed by atoms with Gasteiger partial charge in [0, 0.05) is 13.1 Å². The van der Waals surface area contributed by atoms with Gasteiger partial charge >= 0.3 is 0 Å². The highest BCUT2D eigenvalue weighted by molar-refractivity contribution is 7.91. The molecule has 1 aromatic carbocycles. The molecule has 2 aliphatic heterocycles. The Hall–Kier alpha value is -2.09. The molecule has 1 N–H and O–H groups in total. The zero-order chi connectivity index (χ0) is 16.8. The molecular formula is C15H18N2O5S. The van der Waals surface area contributed by atoms with Crippen molar-refractivity contribution in [2.45, 2.75) is 25.0 Å². The first-order valence-electron chi connectivity index (χ1n) is 7.30. The van der Waals surface area contributed by atoms with E-state index in [1.807, 2.05) is 0 Å². The molecule has 0 bridgehead atoms. The minimum absolute atomic E-state index is 0.0574. The molecule has 0 radical (unpaired) electrons. The van der Waals surface area contributed by atoms with Crippen molar-refractivity contribution in [1.82, 2.24) is 4.90 Å². The van der Waals surface area contributed by atoms with Crippen LogP contribution in [0.5, 0.6) is 5.75 Å². The number of hydrogen-bond acceptors (Lipinski definition) is 5. The Morgan fingerprint density at radius 3 is 2.74 bits per heavy atom. The number of rotatable bonds is 2. The molecule has 7 nitrogen and oxygen atoms in total. The molecule has 124 valence electrons. The number of sulfone groups is 1. The van der Waals surface area contributed by atoms with Crippen molar-refractivity contribution in [2.75, 3.05) is 23.9 Å². The van der Waals surface area contributed by atoms with Gasteiger partial charge in [0.05, 0.1) is 17.2 Å². The number of nitrogens with zero attached hydrogens (tertiary/aromatic N) is 1. The molecule has 0 spiro atoms. The van der Waals surface area contributed by atoms with Crippen LogP contribution in [-0.4, -0.2) is 55.3 Å². The second kappa shape index (κ2) is 5.23. The molecule has 1 fully saturated rings. The van der Waals surface area contributed by atoms with E-state index in [2.05, 4.69) is 5.32 Å². The van der Waals surface area contributed by atoms with Gasteiger partial charge in [-0.3, -0.25) is 9.59 Å². The molecule has 3 rings (SSSR count). The largest absolute Gasteiger partial charge is 0.466 e. The fraction of sp³-hybridized carbons (Fsp3) is 0.467. The number of benzene rings is 1. The lowest BCUT2D eigenvalue weighted by molar-refractivity contribution is -0.154. The van der Waals surface area contributed by atoms with Crippen LogP contribution in [0.4, 0.5) is 5.69 Å². The van der Waals surface area contributed by atoms with Gasteiger partial charge in [0.1, 0.15) is 5.75 Å². The zero-order valence-corrected chi connectivity index (χ0v) is 13.7. The van der Waals surface area contributed by atoms with Crippen LogP contribution in [0.15, 0.2) is 24.3 Å². The lowest BCUT2D eigenvalue weighted by Crippen LogP contribution is -2.60. The summed E-state index contributed by atoms with van der Waals surface area (Å²) in [6.07, 6.45) is 0.374. The molecule has 1 saturated heterocycles. The van der Waals surface area contributed by atoms with Crippen LogP contribution in [0.25, 0.3) is 0 Å². The summed E-state index contributed by atoms with van der Waals surface area (Å²) in [5.74, 6) is -0.721. The van der Waals surface area contributed by atoms with E-state index in [0.29, 0.717) is 17.9 Å². The summed E-state index contributed by atoms with van der Waals surface area (Å²) in [6, 6.07) is 6.42. The lowest BCUT2D eigenvalue weighted by atomic mass is 10.00. The molecule has 1 aromatic rings. The third-order valence-electron chi connectivity index (χ3n) is 4.37. The number of likely N-dealkylation sites (N-methyl/N-ethyl adjacent to an activating group) is 1. The van der Waals surface area contributed by atoms with Crippen molar-refractivity contribution in [3.05, 3.63) is 24.3 Å². The first-order valence-corrected chi connectivity index (χ1v) is 9.12. The Morgan fingerprint density at radius 1 is 1.39 bits per heavy atom. The van der Waals surface area contributed by atoms with Gasteiger partial charge in [-0.05, 0) is 25.5 Å². The maximum Gasteiger partial charge on any atom is 0.278 e. The average molecular weight is 338 g/mol. The predicted molar refractivity (Wildman–Crippen MR) is 83.9 cm³/mol. The van der Waals surface area contributed by atoms with Crippen LogP contribution < -0.4 is 10.1 Å². The maximum absolute atomic E-state index is 12.8. The number of ether oxygens (including phenoxy) is 1. The van der Waals surface area contributed by atoms with E-state index in [9.17, 15) is 18.0 Å². The van der Waals surface area contributed by atoms with E-state index in [1.54, 1.807) is 24.3 Å². The Kier molecular flexibility index (Phi) is 3.59. The Balaban J connectivity index is 1.85. The average Bonchev–Trinajstić information content (AvgIpc) is 2.87. The van der Waals surface area contributed by atoms with Crippen LogP contribution >= 0.6 is 0 Å². The van der Waals surface area contributed by atoms with Crippen molar-refractivity contribution >= 4 is 27.3 Å². The normalized spacial score (nSPS) is 28.4. The number of para-hydroxylation sites is 2. The van der Waals surface area contributed by atoms with Gasteiger partial charge < -0.3 is 15.0 Å². The number of carbonyl (C=O) groups is 2. The minimum atomic E-state index is -3.12. The van der Waals surface area contributed by atoms with Gasteiger partial charge in [0.15, 0.2) is 9.84 Å². The fourth-order valence-electron chi connectivity index (χ4n) is 2.89. The van der Waals surface area contributed by atoms with Crippen molar-refractivity contribution in [2.24, 2.45) is 0 Å². The summed E-state index contributed by atoms with van der Waals surface area (Å²) in [7, 11) is -1.61. The zero-order valence-electron chi connectivity index (χ0n) is 12.9. The number of hydrogen-bond donors (Lipinski definition) is 1. The van der Waals surface area contributed by atoms with Crippen LogP contribution in [0.1, 0.15) is 13.3 Å². The molecule has 2 heterocycles. The van der Waals surface area contributed by atoms with Crippen molar-refractivity contribution in [1.29, 1.82) is 0 Å². The highest BCUT2D eigenvalue weighted by atomic mass is 32.2. The number of carbonyl (C=O) groups excluding carboxylic acids is 2. The second-order valence-electron chi connectivity index (χ2n) is 6.06. The van der Waals surface area contributed by atoms with E-state index >= 15 is 0 Å². The highest BCUT2D eigenvalue weighted by Crippen LogP contribution is 2.34. The molecule has 0 saturated carbocycles. The molecule has 23 heavy (non-hydrogen) atoms. The van der Waals surface area contributed by atoms with E-state index < -0.39 is 33.3 Å². The van der Waals surface area contributed by atoms with Crippen LogP contribution in [-0.2, 0) is 19.4 Å². The number of anilines is 1. The number of amides is 2. The predicted octanol–water partition coefficient (Wildman–Crippen LogP) is 0.422. The van der Waals surface area contributed by atoms with E-state index in [0.717, 1.165) is 0 Å². The summed E-state index contributed by atoms with van der Waals surface area (Å²) >= 11 is 0. The minimum Gasteiger partial charge on any atom is -0.466 e. The van der Waals surface area contributed by atoms with Gasteiger partial charge in [0.2, 0.25) is 0 Å². The molecular weight excluding hydrogens is 320 g/mol. The fourth-order valence-corrected chi connectivity index (χ4v) is 4.67. The molecule has 0 aliphatic carbocycles. The third kappa shape index (κ3) is 2.67. The lowest BCUT2D eigenvalue weighted by Gasteiger charge is -2.37. The van der Waals surface area contributed by atoms with E-state index in [-0.39, 0.29) is 11.5 Å². The highest BCUT2D eigenvalue weighted by Gasteiger charge is 2.50. The van der Waals surface area contributed by atoms with E-state index in [4.69, 9.17) is 4.74 Å². The smallest absolute Gasteiger partial charge is 0.278 e. The summed E-state index contributed by atoms with van der Waals surface area (Å²) in [5.41, 5.74) is -1.20. The van der Waals surface area contributed by atoms with Crippen molar-refractivity contribution < 1.29 is 22.7 Å². The quantitative estimate of drug-likeness (QED) is 0.789. The Morgan fingerprint density at radius 2 is 2.09 bits per heavy atom. The third-order valence-corrected chi connectivity index (χ3v) is 6.12. The van der Waals surface area contributed by atoms with Crippen LogP contribution in [0, 0.1) is 0 Å². The van der Waals surface area contributed by atoms with Gasteiger partial charge in [-0.15, -0.1) is 0 Å². The van der Waals surface area contributed by atoms with Crippen LogP contribution in [0.2, 0.25) is 0 Å². The molecule has 2 amide bonds. The van der Waals surface area contributed by atoms with Gasteiger partial charge in [0.25, 0.3) is 17.4 Å². The Bertz CT molecular complexity index is 776. The summed E-state index contributed by atoms with van der Waals surface area (Å²) in [4.78, 5) is 26.5. The summed E-state index contributed by atoms with van der Waals surface area (Å²) in [5, 5.41) is 2.66. The monoisotopic (exact) mass is 338 g/mol. The van der Waals surface area contributed by atoms with Crippen LogP contribution in [0.3, 0.4) is 0 Å². The first kappa shape index (κ1) is 15.8. The second-order valence-corrected chi connectivity index (χ2v) is 8.29. The molecule has 2 aliphatic rings. The van der Waals surface area contributed by atoms with Crippen molar-refractivity contribution in [3.8, 4) is 5.75 Å². The molecule has 0 unspecified atom stereocenters.